The zero-order valence-corrected chi connectivity index (χ0v) is 14.7. The van der Waals surface area contributed by atoms with Crippen molar-refractivity contribution in [2.24, 2.45) is 11.7 Å². The second kappa shape index (κ2) is 6.93. The van der Waals surface area contributed by atoms with Crippen molar-refractivity contribution < 1.29 is 4.79 Å². The van der Waals surface area contributed by atoms with Crippen LogP contribution in [0.5, 0.6) is 0 Å². The van der Waals surface area contributed by atoms with Crippen LogP contribution in [0.1, 0.15) is 51.0 Å². The first-order valence-electron chi connectivity index (χ1n) is 8.95. The van der Waals surface area contributed by atoms with Crippen LogP contribution in [0.3, 0.4) is 0 Å². The van der Waals surface area contributed by atoms with Crippen molar-refractivity contribution in [3.05, 3.63) is 30.0 Å². The molecule has 1 saturated carbocycles. The Bertz CT molecular complexity index is 713. The molecule has 0 unspecified atom stereocenters. The molecule has 0 spiro atoms. The molecule has 0 bridgehead atoms. The van der Waals surface area contributed by atoms with Gasteiger partial charge >= 0.3 is 0 Å². The predicted molar refractivity (Wildman–Crippen MR) is 96.5 cm³/mol. The van der Waals surface area contributed by atoms with Gasteiger partial charge in [0.2, 0.25) is 5.91 Å². The molecule has 0 radical (unpaired) electrons. The largest absolute Gasteiger partial charge is 0.359 e. The predicted octanol–water partition coefficient (Wildman–Crippen LogP) is 2.93. The number of benzene rings is 1. The Hall–Kier alpha value is -1.88. The van der Waals surface area contributed by atoms with Gasteiger partial charge in [-0.25, -0.2) is 0 Å². The Labute approximate surface area is 143 Å². The Balaban J connectivity index is 1.79. The number of hydrogen-bond acceptors (Lipinski definition) is 3. The minimum Gasteiger partial charge on any atom is -0.359 e. The van der Waals surface area contributed by atoms with E-state index in [0.29, 0.717) is 0 Å². The van der Waals surface area contributed by atoms with Crippen molar-refractivity contribution in [1.82, 2.24) is 15.1 Å². The Morgan fingerprint density at radius 1 is 1.38 bits per heavy atom. The van der Waals surface area contributed by atoms with Gasteiger partial charge in [0.1, 0.15) is 0 Å². The molecule has 1 amide bonds. The number of carbonyl (C=O) groups is 1. The number of fused-ring (bicyclic) bond motifs is 1. The third-order valence-electron chi connectivity index (χ3n) is 5.19. The molecule has 2 aromatic rings. The molecule has 1 atom stereocenters. The summed E-state index contributed by atoms with van der Waals surface area (Å²) in [7, 11) is 1.64. The molecular weight excluding hydrogens is 300 g/mol. The zero-order valence-electron chi connectivity index (χ0n) is 14.7. The highest BCUT2D eigenvalue weighted by Crippen LogP contribution is 2.27. The van der Waals surface area contributed by atoms with E-state index in [9.17, 15) is 4.79 Å². The topological polar surface area (TPSA) is 72.9 Å². The van der Waals surface area contributed by atoms with Gasteiger partial charge in [-0.05, 0) is 43.4 Å². The molecule has 1 heterocycles. The molecule has 1 aromatic carbocycles. The number of aromatic nitrogens is 2. The zero-order chi connectivity index (χ0) is 17.2. The maximum absolute atomic E-state index is 11.7. The van der Waals surface area contributed by atoms with Gasteiger partial charge in [-0.2, -0.15) is 5.10 Å². The number of amides is 1. The smallest absolute Gasteiger partial charge is 0.221 e. The maximum atomic E-state index is 11.7. The highest BCUT2D eigenvalue weighted by atomic mass is 16.1. The molecule has 3 N–H and O–H groups in total. The van der Waals surface area contributed by atoms with Crippen LogP contribution in [-0.2, 0) is 16.9 Å². The van der Waals surface area contributed by atoms with Gasteiger partial charge in [0.15, 0.2) is 0 Å². The van der Waals surface area contributed by atoms with E-state index >= 15 is 0 Å². The SMILES string of the molecule is CNC(=O)C[C@](C)(N)c1ccc2nn(CC3CCCCC3)cc2c1. The van der Waals surface area contributed by atoms with Gasteiger partial charge < -0.3 is 11.1 Å². The second-order valence-corrected chi connectivity index (χ2v) is 7.40. The number of nitrogens with one attached hydrogen (secondary N) is 1. The van der Waals surface area contributed by atoms with Gasteiger partial charge in [-0.15, -0.1) is 0 Å². The normalized spacial score (nSPS) is 18.5. The fourth-order valence-electron chi connectivity index (χ4n) is 3.68. The van der Waals surface area contributed by atoms with Crippen molar-refractivity contribution in [3.8, 4) is 0 Å². The quantitative estimate of drug-likeness (QED) is 0.886. The molecule has 1 aliphatic carbocycles. The summed E-state index contributed by atoms with van der Waals surface area (Å²) < 4.78 is 2.08. The lowest BCUT2D eigenvalue weighted by Gasteiger charge is -2.24. The Morgan fingerprint density at radius 2 is 2.12 bits per heavy atom. The highest BCUT2D eigenvalue weighted by molar-refractivity contribution is 5.80. The molecule has 0 aliphatic heterocycles. The average Bonchev–Trinajstić information content (AvgIpc) is 2.96. The number of hydrogen-bond donors (Lipinski definition) is 2. The van der Waals surface area contributed by atoms with Gasteiger partial charge in [0.25, 0.3) is 0 Å². The Kier molecular flexibility index (Phi) is 4.90. The molecule has 0 saturated heterocycles. The van der Waals surface area contributed by atoms with E-state index in [-0.39, 0.29) is 12.3 Å². The van der Waals surface area contributed by atoms with E-state index in [1.54, 1.807) is 7.05 Å². The molecular formula is C19H28N4O. The van der Waals surface area contributed by atoms with Crippen LogP contribution in [0.4, 0.5) is 0 Å². The van der Waals surface area contributed by atoms with E-state index in [2.05, 4.69) is 22.3 Å². The first kappa shape index (κ1) is 17.0. The van der Waals surface area contributed by atoms with Gasteiger partial charge in [-0.1, -0.05) is 25.3 Å². The molecule has 1 fully saturated rings. The van der Waals surface area contributed by atoms with E-state index in [1.807, 2.05) is 19.1 Å². The standard InChI is InChI=1S/C19H28N4O/c1-19(20,11-18(24)21-2)16-8-9-17-15(10-16)13-23(22-17)12-14-6-4-3-5-7-14/h8-10,13-14H,3-7,11-12,20H2,1-2H3,(H,21,24)/t19-/m0/s1. The van der Waals surface area contributed by atoms with Crippen LogP contribution in [0.2, 0.25) is 0 Å². The summed E-state index contributed by atoms with van der Waals surface area (Å²) in [5.74, 6) is 0.702. The van der Waals surface area contributed by atoms with E-state index in [4.69, 9.17) is 10.8 Å². The van der Waals surface area contributed by atoms with Crippen LogP contribution in [0.15, 0.2) is 24.4 Å². The fraction of sp³-hybridized carbons (Fsp3) is 0.579. The van der Waals surface area contributed by atoms with Crippen LogP contribution >= 0.6 is 0 Å². The van der Waals surface area contributed by atoms with Crippen LogP contribution < -0.4 is 11.1 Å². The first-order chi connectivity index (χ1) is 11.5. The third-order valence-corrected chi connectivity index (χ3v) is 5.19. The van der Waals surface area contributed by atoms with E-state index in [1.165, 1.54) is 32.1 Å². The van der Waals surface area contributed by atoms with Crippen molar-refractivity contribution in [2.75, 3.05) is 7.05 Å². The third kappa shape index (κ3) is 3.78. The van der Waals surface area contributed by atoms with E-state index in [0.717, 1.165) is 28.9 Å². The van der Waals surface area contributed by atoms with Gasteiger partial charge in [-0.3, -0.25) is 9.48 Å². The second-order valence-electron chi connectivity index (χ2n) is 7.40. The summed E-state index contributed by atoms with van der Waals surface area (Å²) in [5.41, 5.74) is 7.65. The molecule has 24 heavy (non-hydrogen) atoms. The lowest BCUT2D eigenvalue weighted by atomic mass is 9.89. The van der Waals surface area contributed by atoms with Crippen molar-refractivity contribution in [1.29, 1.82) is 0 Å². The fourth-order valence-corrected chi connectivity index (χ4v) is 3.68. The van der Waals surface area contributed by atoms with Gasteiger partial charge in [0.05, 0.1) is 5.52 Å². The summed E-state index contributed by atoms with van der Waals surface area (Å²) >= 11 is 0. The van der Waals surface area contributed by atoms with Crippen LogP contribution in [0, 0.1) is 5.92 Å². The summed E-state index contributed by atoms with van der Waals surface area (Å²) in [5, 5.41) is 8.44. The maximum Gasteiger partial charge on any atom is 0.221 e. The van der Waals surface area contributed by atoms with Crippen molar-refractivity contribution >= 4 is 16.8 Å². The summed E-state index contributed by atoms with van der Waals surface area (Å²) in [4.78, 5) is 11.7. The number of nitrogens with zero attached hydrogens (tertiary/aromatic N) is 2. The Morgan fingerprint density at radius 3 is 2.83 bits per heavy atom. The van der Waals surface area contributed by atoms with E-state index < -0.39 is 5.54 Å². The molecule has 130 valence electrons. The molecule has 5 nitrogen and oxygen atoms in total. The number of rotatable bonds is 5. The van der Waals surface area contributed by atoms with Crippen LogP contribution in [-0.4, -0.2) is 22.7 Å². The lowest BCUT2D eigenvalue weighted by Crippen LogP contribution is -2.38. The molecule has 1 aromatic heterocycles. The average molecular weight is 328 g/mol. The van der Waals surface area contributed by atoms with Crippen LogP contribution in [0.25, 0.3) is 10.9 Å². The summed E-state index contributed by atoms with van der Waals surface area (Å²) in [6, 6.07) is 6.07. The summed E-state index contributed by atoms with van der Waals surface area (Å²) in [6.45, 7) is 2.90. The molecule has 5 heteroatoms. The van der Waals surface area contributed by atoms with Gasteiger partial charge in [0, 0.05) is 37.1 Å². The number of carbonyl (C=O) groups excluding carboxylic acids is 1. The van der Waals surface area contributed by atoms with Crippen molar-refractivity contribution in [3.63, 3.8) is 0 Å². The molecule has 3 rings (SSSR count). The monoisotopic (exact) mass is 328 g/mol. The summed E-state index contributed by atoms with van der Waals surface area (Å²) in [6.07, 6.45) is 9.08. The molecule has 1 aliphatic rings. The highest BCUT2D eigenvalue weighted by Gasteiger charge is 2.25. The minimum absolute atomic E-state index is 0.0481. The minimum atomic E-state index is -0.681. The first-order valence-corrected chi connectivity index (χ1v) is 8.95. The lowest BCUT2D eigenvalue weighted by molar-refractivity contribution is -0.121. The number of nitrogens with two attached hydrogens (primary N) is 1. The van der Waals surface area contributed by atoms with Crippen molar-refractivity contribution in [2.45, 2.75) is 57.5 Å².